The minimum absolute atomic E-state index is 0.00983. The molecule has 31 heavy (non-hydrogen) atoms. The Kier molecular flexibility index (Phi) is 6.43. The van der Waals surface area contributed by atoms with E-state index in [0.29, 0.717) is 28.8 Å². The minimum Gasteiger partial charge on any atom is -0.493 e. The van der Waals surface area contributed by atoms with E-state index in [2.05, 4.69) is 25.6 Å². The number of hydrogen-bond donors (Lipinski definition) is 1. The van der Waals surface area contributed by atoms with Crippen LogP contribution in [0.4, 0.5) is 11.6 Å². The second-order valence-electron chi connectivity index (χ2n) is 6.80. The average Bonchev–Trinajstić information content (AvgIpc) is 2.99. The van der Waals surface area contributed by atoms with E-state index >= 15 is 0 Å². The van der Waals surface area contributed by atoms with Crippen LogP contribution in [-0.2, 0) is 6.73 Å². The fourth-order valence-corrected chi connectivity index (χ4v) is 3.03. The molecule has 0 spiro atoms. The molecule has 11 heteroatoms. The Bertz CT molecular complexity index is 1120. The molecule has 1 aromatic carbocycles. The molecular formula is C20H23N7O4. The van der Waals surface area contributed by atoms with Crippen molar-refractivity contribution in [2.45, 2.75) is 34.4 Å². The van der Waals surface area contributed by atoms with Crippen LogP contribution in [0, 0.1) is 37.8 Å². The lowest BCUT2D eigenvalue weighted by atomic mass is 10.2. The number of nitro groups is 1. The quantitative estimate of drug-likeness (QED) is 0.330. The molecule has 0 aliphatic carbocycles. The van der Waals surface area contributed by atoms with E-state index in [0.717, 1.165) is 17.0 Å². The predicted molar refractivity (Wildman–Crippen MR) is 115 cm³/mol. The van der Waals surface area contributed by atoms with E-state index in [4.69, 9.17) is 9.47 Å². The molecule has 2 heterocycles. The van der Waals surface area contributed by atoms with Gasteiger partial charge in [0.1, 0.15) is 11.4 Å². The normalized spacial score (nSPS) is 11.0. The first-order chi connectivity index (χ1) is 14.8. The summed E-state index contributed by atoms with van der Waals surface area (Å²) in [6.45, 7) is 7.00. The van der Waals surface area contributed by atoms with Crippen LogP contribution in [0.25, 0.3) is 0 Å². The second-order valence-corrected chi connectivity index (χ2v) is 6.80. The highest BCUT2D eigenvalue weighted by Gasteiger charge is 2.22. The fourth-order valence-electron chi connectivity index (χ4n) is 3.03. The molecule has 0 unspecified atom stereocenters. The van der Waals surface area contributed by atoms with Gasteiger partial charge in [0.05, 0.1) is 18.2 Å². The number of benzene rings is 1. The zero-order valence-corrected chi connectivity index (χ0v) is 17.9. The van der Waals surface area contributed by atoms with Gasteiger partial charge in [-0.1, -0.05) is 0 Å². The van der Waals surface area contributed by atoms with Gasteiger partial charge < -0.3 is 9.47 Å². The van der Waals surface area contributed by atoms with E-state index in [9.17, 15) is 10.1 Å². The molecule has 0 aliphatic rings. The molecule has 0 amide bonds. The van der Waals surface area contributed by atoms with Gasteiger partial charge in [0, 0.05) is 11.4 Å². The fraction of sp³-hybridized carbons (Fsp3) is 0.300. The summed E-state index contributed by atoms with van der Waals surface area (Å²) in [4.78, 5) is 19.2. The first kappa shape index (κ1) is 21.7. The number of aryl methyl sites for hydroxylation is 3. The number of hydrazone groups is 1. The highest BCUT2D eigenvalue weighted by molar-refractivity contribution is 5.81. The van der Waals surface area contributed by atoms with Gasteiger partial charge in [-0.05, 0) is 57.5 Å². The van der Waals surface area contributed by atoms with Gasteiger partial charge in [-0.2, -0.15) is 10.2 Å². The molecule has 0 saturated heterocycles. The average molecular weight is 425 g/mol. The smallest absolute Gasteiger partial charge is 0.312 e. The van der Waals surface area contributed by atoms with E-state index in [1.54, 1.807) is 38.3 Å². The van der Waals surface area contributed by atoms with Crippen LogP contribution < -0.4 is 14.9 Å². The van der Waals surface area contributed by atoms with E-state index in [-0.39, 0.29) is 12.4 Å². The molecule has 162 valence electrons. The Hall–Kier alpha value is -4.02. The lowest BCUT2D eigenvalue weighted by molar-refractivity contribution is -0.386. The number of nitrogens with one attached hydrogen (secondary N) is 1. The van der Waals surface area contributed by atoms with Gasteiger partial charge >= 0.3 is 5.69 Å². The summed E-state index contributed by atoms with van der Waals surface area (Å²) in [5, 5.41) is 19.5. The molecule has 0 aliphatic heterocycles. The van der Waals surface area contributed by atoms with Crippen molar-refractivity contribution in [1.82, 2.24) is 19.7 Å². The molecule has 1 N–H and O–H groups in total. The molecule has 0 fully saturated rings. The lowest BCUT2D eigenvalue weighted by Gasteiger charge is -2.12. The van der Waals surface area contributed by atoms with Crippen molar-refractivity contribution < 1.29 is 14.4 Å². The maximum atomic E-state index is 11.1. The van der Waals surface area contributed by atoms with Crippen LogP contribution in [0.3, 0.4) is 0 Å². The van der Waals surface area contributed by atoms with Gasteiger partial charge in [-0.15, -0.1) is 0 Å². The third-order valence-corrected chi connectivity index (χ3v) is 4.42. The number of hydrogen-bond acceptors (Lipinski definition) is 9. The summed E-state index contributed by atoms with van der Waals surface area (Å²) in [5.41, 5.74) is 6.02. The highest BCUT2D eigenvalue weighted by Crippen LogP contribution is 2.29. The Morgan fingerprint density at radius 3 is 2.48 bits per heavy atom. The third-order valence-electron chi connectivity index (χ3n) is 4.42. The summed E-state index contributed by atoms with van der Waals surface area (Å²) >= 11 is 0. The van der Waals surface area contributed by atoms with Crippen LogP contribution >= 0.6 is 0 Å². The summed E-state index contributed by atoms with van der Waals surface area (Å²) in [6.07, 6.45) is 1.61. The van der Waals surface area contributed by atoms with Crippen LogP contribution in [-0.4, -0.2) is 38.0 Å². The predicted octanol–water partition coefficient (Wildman–Crippen LogP) is 3.31. The molecule has 0 radical (unpaired) electrons. The standard InChI is InChI=1S/C20H23N7O4/c1-12-8-13(2)23-20(22-12)24-21-10-16-6-7-17(18(9-16)30-5)31-11-26-15(4)19(27(28)29)14(3)25-26/h6-10H,11H2,1-5H3,(H,22,23,24)/b21-10-. The van der Waals surface area contributed by atoms with E-state index in [1.165, 1.54) is 11.8 Å². The highest BCUT2D eigenvalue weighted by atomic mass is 16.6. The molecule has 0 saturated carbocycles. The van der Waals surface area contributed by atoms with Gasteiger partial charge in [0.15, 0.2) is 18.2 Å². The molecule has 0 atom stereocenters. The Morgan fingerprint density at radius 1 is 1.16 bits per heavy atom. The number of rotatable bonds is 8. The summed E-state index contributed by atoms with van der Waals surface area (Å²) in [5.74, 6) is 1.38. The number of anilines is 1. The molecular weight excluding hydrogens is 402 g/mol. The van der Waals surface area contributed by atoms with E-state index in [1.807, 2.05) is 19.9 Å². The Morgan fingerprint density at radius 2 is 1.87 bits per heavy atom. The molecule has 3 aromatic rings. The van der Waals surface area contributed by atoms with Crippen molar-refractivity contribution in [2.24, 2.45) is 5.10 Å². The van der Waals surface area contributed by atoms with Crippen molar-refractivity contribution in [3.8, 4) is 11.5 Å². The Balaban J connectivity index is 1.70. The topological polar surface area (TPSA) is 130 Å². The van der Waals surface area contributed by atoms with Gasteiger partial charge in [0.25, 0.3) is 0 Å². The van der Waals surface area contributed by atoms with Crippen LogP contribution in [0.1, 0.15) is 28.3 Å². The zero-order chi connectivity index (χ0) is 22.5. The lowest BCUT2D eigenvalue weighted by Crippen LogP contribution is -2.09. The Labute approximate surface area is 178 Å². The van der Waals surface area contributed by atoms with Crippen molar-refractivity contribution in [2.75, 3.05) is 12.5 Å². The van der Waals surface area contributed by atoms with Gasteiger partial charge in [-0.25, -0.2) is 20.1 Å². The van der Waals surface area contributed by atoms with Crippen molar-refractivity contribution in [1.29, 1.82) is 0 Å². The largest absolute Gasteiger partial charge is 0.493 e. The minimum atomic E-state index is -0.444. The van der Waals surface area contributed by atoms with E-state index < -0.39 is 4.92 Å². The van der Waals surface area contributed by atoms with Gasteiger partial charge in [-0.3, -0.25) is 10.1 Å². The number of aromatic nitrogens is 4. The summed E-state index contributed by atoms with van der Waals surface area (Å²) in [7, 11) is 1.53. The zero-order valence-electron chi connectivity index (χ0n) is 17.9. The number of ether oxygens (including phenoxy) is 2. The van der Waals surface area contributed by atoms with Crippen molar-refractivity contribution >= 4 is 17.9 Å². The van der Waals surface area contributed by atoms with Gasteiger partial charge in [0.2, 0.25) is 5.95 Å². The number of methoxy groups -OCH3 is 1. The second kappa shape index (κ2) is 9.20. The molecule has 11 nitrogen and oxygen atoms in total. The van der Waals surface area contributed by atoms with Crippen molar-refractivity contribution in [3.05, 3.63) is 62.7 Å². The van der Waals surface area contributed by atoms with Crippen molar-refractivity contribution in [3.63, 3.8) is 0 Å². The summed E-state index contributed by atoms with van der Waals surface area (Å²) < 4.78 is 12.6. The first-order valence-corrected chi connectivity index (χ1v) is 9.39. The molecule has 0 bridgehead atoms. The van der Waals surface area contributed by atoms with Crippen LogP contribution in [0.2, 0.25) is 0 Å². The maximum absolute atomic E-state index is 11.1. The molecule has 2 aromatic heterocycles. The monoisotopic (exact) mass is 425 g/mol. The summed E-state index contributed by atoms with van der Waals surface area (Å²) in [6, 6.07) is 7.16. The third kappa shape index (κ3) is 5.13. The van der Waals surface area contributed by atoms with Crippen LogP contribution in [0.5, 0.6) is 11.5 Å². The van der Waals surface area contributed by atoms with Crippen LogP contribution in [0.15, 0.2) is 29.4 Å². The SMILES string of the molecule is COc1cc(/C=N\Nc2nc(C)cc(C)n2)ccc1OCn1nc(C)c([N+](=O)[O-])c1C. The molecule has 3 rings (SSSR count). The maximum Gasteiger partial charge on any atom is 0.312 e. The number of nitrogens with zero attached hydrogens (tertiary/aromatic N) is 6. The first-order valence-electron chi connectivity index (χ1n) is 9.39.